The molecule has 4 aromatic rings. The maximum Gasteiger partial charge on any atom is 0.268 e. The standard InChI is InChI=1S/C18H13FN4OS/c1-11-16(17(24)22-15-4-2-3-9-20-15)25-18-21-14(10-23(11)18)12-5-7-13(19)8-6-12/h2-10H,1H3,(H,20,22,24). The van der Waals surface area contributed by atoms with Gasteiger partial charge in [-0.25, -0.2) is 14.4 Å². The predicted molar refractivity (Wildman–Crippen MR) is 95.4 cm³/mol. The summed E-state index contributed by atoms with van der Waals surface area (Å²) in [5, 5.41) is 2.78. The molecule has 0 atom stereocenters. The van der Waals surface area contributed by atoms with Crippen molar-refractivity contribution in [1.82, 2.24) is 14.4 Å². The zero-order valence-electron chi connectivity index (χ0n) is 13.2. The molecule has 0 saturated heterocycles. The first kappa shape index (κ1) is 15.5. The van der Waals surface area contributed by atoms with Crippen LogP contribution in [0.3, 0.4) is 0 Å². The van der Waals surface area contributed by atoms with E-state index in [-0.39, 0.29) is 11.7 Å². The maximum absolute atomic E-state index is 13.1. The van der Waals surface area contributed by atoms with Crippen molar-refractivity contribution in [3.05, 3.63) is 71.2 Å². The Balaban J connectivity index is 1.66. The number of rotatable bonds is 3. The van der Waals surface area contributed by atoms with E-state index in [0.717, 1.165) is 17.0 Å². The molecule has 1 amide bonds. The molecule has 25 heavy (non-hydrogen) atoms. The first-order valence-corrected chi connectivity index (χ1v) is 8.40. The molecule has 0 saturated carbocycles. The van der Waals surface area contributed by atoms with Crippen LogP contribution in [0.1, 0.15) is 15.4 Å². The molecule has 1 N–H and O–H groups in total. The van der Waals surface area contributed by atoms with Crippen LogP contribution in [0.4, 0.5) is 10.2 Å². The highest BCUT2D eigenvalue weighted by atomic mass is 32.1. The number of hydrogen-bond donors (Lipinski definition) is 1. The van der Waals surface area contributed by atoms with E-state index in [2.05, 4.69) is 15.3 Å². The summed E-state index contributed by atoms with van der Waals surface area (Å²) in [7, 11) is 0. The predicted octanol–water partition coefficient (Wildman–Crippen LogP) is 4.16. The zero-order chi connectivity index (χ0) is 17.4. The lowest BCUT2D eigenvalue weighted by Crippen LogP contribution is -2.12. The van der Waals surface area contributed by atoms with Gasteiger partial charge >= 0.3 is 0 Å². The molecule has 124 valence electrons. The Hall–Kier alpha value is -3.06. The van der Waals surface area contributed by atoms with Gasteiger partial charge in [0.15, 0.2) is 4.96 Å². The third-order valence-electron chi connectivity index (χ3n) is 3.81. The molecule has 0 radical (unpaired) electrons. The summed E-state index contributed by atoms with van der Waals surface area (Å²) in [6.45, 7) is 1.87. The highest BCUT2D eigenvalue weighted by Crippen LogP contribution is 2.27. The molecule has 7 heteroatoms. The minimum absolute atomic E-state index is 0.213. The number of nitrogens with one attached hydrogen (secondary N) is 1. The fourth-order valence-electron chi connectivity index (χ4n) is 2.53. The van der Waals surface area contributed by atoms with E-state index in [0.29, 0.717) is 15.7 Å². The van der Waals surface area contributed by atoms with Gasteiger partial charge in [0.05, 0.1) is 5.69 Å². The second kappa shape index (κ2) is 6.10. The van der Waals surface area contributed by atoms with Crippen molar-refractivity contribution in [2.24, 2.45) is 0 Å². The van der Waals surface area contributed by atoms with Gasteiger partial charge < -0.3 is 5.32 Å². The van der Waals surface area contributed by atoms with Gasteiger partial charge in [0.25, 0.3) is 5.91 Å². The summed E-state index contributed by atoms with van der Waals surface area (Å²) in [5.41, 5.74) is 2.37. The quantitative estimate of drug-likeness (QED) is 0.602. The number of thiazole rings is 1. The number of nitrogens with zero attached hydrogens (tertiary/aromatic N) is 3. The van der Waals surface area contributed by atoms with E-state index < -0.39 is 0 Å². The number of aromatic nitrogens is 3. The molecule has 5 nitrogen and oxygen atoms in total. The fourth-order valence-corrected chi connectivity index (χ4v) is 3.53. The van der Waals surface area contributed by atoms with Crippen LogP contribution in [0.5, 0.6) is 0 Å². The summed E-state index contributed by atoms with van der Waals surface area (Å²) in [5.74, 6) is 0.00871. The minimum Gasteiger partial charge on any atom is -0.306 e. The number of amides is 1. The third kappa shape index (κ3) is 2.89. The lowest BCUT2D eigenvalue weighted by atomic mass is 10.2. The third-order valence-corrected chi connectivity index (χ3v) is 4.97. The molecule has 0 fully saturated rings. The number of carbonyl (C=O) groups excluding carboxylic acids is 1. The van der Waals surface area contributed by atoms with Crippen LogP contribution in [-0.4, -0.2) is 20.3 Å². The first-order valence-electron chi connectivity index (χ1n) is 7.58. The van der Waals surface area contributed by atoms with Crippen LogP contribution < -0.4 is 5.32 Å². The van der Waals surface area contributed by atoms with E-state index >= 15 is 0 Å². The molecule has 0 unspecified atom stereocenters. The molecule has 3 aromatic heterocycles. The number of pyridine rings is 1. The number of aryl methyl sites for hydroxylation is 1. The first-order chi connectivity index (χ1) is 12.1. The average Bonchev–Trinajstić information content (AvgIpc) is 3.16. The summed E-state index contributed by atoms with van der Waals surface area (Å²) in [6.07, 6.45) is 3.48. The van der Waals surface area contributed by atoms with Gasteiger partial charge in [-0.3, -0.25) is 9.20 Å². The summed E-state index contributed by atoms with van der Waals surface area (Å²) in [6, 6.07) is 11.5. The fraction of sp³-hybridized carbons (Fsp3) is 0.0556. The Morgan fingerprint density at radius 1 is 1.20 bits per heavy atom. The monoisotopic (exact) mass is 352 g/mol. The Kier molecular flexibility index (Phi) is 3.77. The molecular weight excluding hydrogens is 339 g/mol. The van der Waals surface area contributed by atoms with E-state index in [1.807, 2.05) is 23.6 Å². The molecule has 0 aliphatic carbocycles. The van der Waals surface area contributed by atoms with Gasteiger partial charge in [0, 0.05) is 23.7 Å². The Bertz CT molecular complexity index is 1050. The topological polar surface area (TPSA) is 59.3 Å². The molecule has 3 heterocycles. The van der Waals surface area contributed by atoms with Gasteiger partial charge in [-0.05, 0) is 43.3 Å². The van der Waals surface area contributed by atoms with Gasteiger partial charge in [0.1, 0.15) is 16.5 Å². The van der Waals surface area contributed by atoms with Gasteiger partial charge in [-0.2, -0.15) is 0 Å². The van der Waals surface area contributed by atoms with Crippen LogP contribution in [0.25, 0.3) is 16.2 Å². The normalized spacial score (nSPS) is 11.0. The molecule has 0 aliphatic heterocycles. The maximum atomic E-state index is 13.1. The second-order valence-electron chi connectivity index (χ2n) is 5.47. The molecule has 1 aromatic carbocycles. The van der Waals surface area contributed by atoms with Crippen LogP contribution in [-0.2, 0) is 0 Å². The zero-order valence-corrected chi connectivity index (χ0v) is 14.0. The summed E-state index contributed by atoms with van der Waals surface area (Å²) < 4.78 is 14.9. The Morgan fingerprint density at radius 3 is 2.68 bits per heavy atom. The highest BCUT2D eigenvalue weighted by molar-refractivity contribution is 7.19. The lowest BCUT2D eigenvalue weighted by molar-refractivity contribution is 0.102. The molecule has 4 rings (SSSR count). The molecule has 0 spiro atoms. The minimum atomic E-state index is -0.283. The number of anilines is 1. The van der Waals surface area contributed by atoms with Crippen molar-refractivity contribution < 1.29 is 9.18 Å². The van der Waals surface area contributed by atoms with Crippen molar-refractivity contribution in [3.8, 4) is 11.3 Å². The van der Waals surface area contributed by atoms with Gasteiger partial charge in [0.2, 0.25) is 0 Å². The lowest BCUT2D eigenvalue weighted by Gasteiger charge is -2.02. The van der Waals surface area contributed by atoms with E-state index in [9.17, 15) is 9.18 Å². The summed E-state index contributed by atoms with van der Waals surface area (Å²) in [4.78, 5) is 22.4. The van der Waals surface area contributed by atoms with Crippen LogP contribution in [0.2, 0.25) is 0 Å². The van der Waals surface area contributed by atoms with Crippen molar-refractivity contribution in [3.63, 3.8) is 0 Å². The van der Waals surface area contributed by atoms with E-state index in [4.69, 9.17) is 0 Å². The number of imidazole rings is 1. The SMILES string of the molecule is Cc1c(C(=O)Nc2ccccn2)sc2nc(-c3ccc(F)cc3)cn12. The van der Waals surface area contributed by atoms with Gasteiger partial charge in [-0.15, -0.1) is 0 Å². The number of halogens is 1. The van der Waals surface area contributed by atoms with Crippen LogP contribution in [0, 0.1) is 12.7 Å². The number of fused-ring (bicyclic) bond motifs is 1. The van der Waals surface area contributed by atoms with Crippen molar-refractivity contribution >= 4 is 28.0 Å². The van der Waals surface area contributed by atoms with Crippen LogP contribution in [0.15, 0.2) is 54.9 Å². The molecule has 0 aliphatic rings. The molecular formula is C18H13FN4OS. The largest absolute Gasteiger partial charge is 0.306 e. The Labute approximate surface area is 146 Å². The molecule has 0 bridgehead atoms. The summed E-state index contributed by atoms with van der Waals surface area (Å²) >= 11 is 1.31. The van der Waals surface area contributed by atoms with E-state index in [1.54, 1.807) is 30.5 Å². The van der Waals surface area contributed by atoms with Crippen molar-refractivity contribution in [2.75, 3.05) is 5.32 Å². The number of carbonyl (C=O) groups is 1. The second-order valence-corrected chi connectivity index (χ2v) is 6.45. The smallest absolute Gasteiger partial charge is 0.268 e. The van der Waals surface area contributed by atoms with Gasteiger partial charge in [-0.1, -0.05) is 17.4 Å². The van der Waals surface area contributed by atoms with Crippen molar-refractivity contribution in [1.29, 1.82) is 0 Å². The van der Waals surface area contributed by atoms with Crippen molar-refractivity contribution in [2.45, 2.75) is 6.92 Å². The average molecular weight is 352 g/mol. The highest BCUT2D eigenvalue weighted by Gasteiger charge is 2.18. The Morgan fingerprint density at radius 2 is 2.00 bits per heavy atom. The number of hydrogen-bond acceptors (Lipinski definition) is 4. The van der Waals surface area contributed by atoms with E-state index in [1.165, 1.54) is 23.5 Å². The van der Waals surface area contributed by atoms with Crippen LogP contribution >= 0.6 is 11.3 Å². The number of benzene rings is 1.